The van der Waals surface area contributed by atoms with Gasteiger partial charge in [0.25, 0.3) is 11.8 Å². The summed E-state index contributed by atoms with van der Waals surface area (Å²) in [4.78, 5) is 25.0. The molecule has 0 heterocycles. The molecule has 2 aromatic rings. The number of halogens is 6. The minimum absolute atomic E-state index is 0.0444. The van der Waals surface area contributed by atoms with Crippen LogP contribution in [0.4, 0.5) is 26.3 Å². The number of nitrogens with one attached hydrogen (secondary N) is 2. The number of ether oxygens (including phenoxy) is 2. The normalized spacial score (nSPS) is 12.1. The fraction of sp³-hybridized carbons (Fsp3) is 0.273. The van der Waals surface area contributed by atoms with E-state index in [1.165, 1.54) is 42.5 Å². The van der Waals surface area contributed by atoms with E-state index >= 15 is 0 Å². The Labute approximate surface area is 195 Å². The third-order valence-electron chi connectivity index (χ3n) is 4.09. The Bertz CT molecular complexity index is 1020. The molecular formula is C22H20F6N2O5. The van der Waals surface area contributed by atoms with Crippen molar-refractivity contribution in [3.05, 3.63) is 65.4 Å². The molecule has 0 aliphatic heterocycles. The molecule has 0 radical (unpaired) electrons. The maximum absolute atomic E-state index is 12.6. The Kier molecular flexibility index (Phi) is 9.51. The third kappa shape index (κ3) is 10.4. The summed E-state index contributed by atoms with van der Waals surface area (Å²) in [5.74, 6) is -1.92. The zero-order chi connectivity index (χ0) is 26.1. The van der Waals surface area contributed by atoms with Crippen molar-refractivity contribution < 1.29 is 50.5 Å². The molecule has 0 fully saturated rings. The monoisotopic (exact) mass is 506 g/mol. The average Bonchev–Trinajstić information content (AvgIpc) is 2.76. The summed E-state index contributed by atoms with van der Waals surface area (Å²) >= 11 is 0. The molecule has 35 heavy (non-hydrogen) atoms. The van der Waals surface area contributed by atoms with Crippen LogP contribution in [0.1, 0.15) is 22.3 Å². The van der Waals surface area contributed by atoms with Crippen LogP contribution in [0, 0.1) is 0 Å². The van der Waals surface area contributed by atoms with Crippen molar-refractivity contribution in [2.24, 2.45) is 0 Å². The molecule has 2 amide bonds. The Morgan fingerprint density at radius 1 is 0.914 bits per heavy atom. The topological polar surface area (TPSA) is 96.9 Å². The predicted octanol–water partition coefficient (Wildman–Crippen LogP) is 3.80. The Morgan fingerprint density at radius 2 is 1.51 bits per heavy atom. The van der Waals surface area contributed by atoms with Crippen molar-refractivity contribution in [2.75, 3.05) is 19.8 Å². The van der Waals surface area contributed by atoms with Crippen LogP contribution in [0.2, 0.25) is 0 Å². The molecular weight excluding hydrogens is 486 g/mol. The standard InChI is InChI=1S/C22H20F6N2O5/c23-21(24,25)9-12-34-16-7-3-15(4-8-16)19(32)30-18(20(33)29-10-11-31)13-14-1-5-17(6-2-14)35-22(26,27)28/h1-8,13,31H,9-12H2,(H,29,33)(H,30,32)/b18-13-. The molecule has 0 bridgehead atoms. The van der Waals surface area contributed by atoms with Gasteiger partial charge < -0.3 is 25.2 Å². The van der Waals surface area contributed by atoms with Gasteiger partial charge in [0.15, 0.2) is 0 Å². The number of aliphatic hydroxyl groups excluding tert-OH is 1. The maximum Gasteiger partial charge on any atom is 0.573 e. The molecule has 13 heteroatoms. The second-order valence-corrected chi connectivity index (χ2v) is 6.85. The van der Waals surface area contributed by atoms with Crippen molar-refractivity contribution in [3.63, 3.8) is 0 Å². The molecule has 0 aromatic heterocycles. The summed E-state index contributed by atoms with van der Waals surface area (Å²) in [5, 5.41) is 13.6. The van der Waals surface area contributed by atoms with E-state index in [2.05, 4.69) is 15.4 Å². The third-order valence-corrected chi connectivity index (χ3v) is 4.09. The van der Waals surface area contributed by atoms with Gasteiger partial charge in [0.05, 0.1) is 19.6 Å². The van der Waals surface area contributed by atoms with Crippen molar-refractivity contribution >= 4 is 17.9 Å². The largest absolute Gasteiger partial charge is 0.573 e. The van der Waals surface area contributed by atoms with Crippen LogP contribution in [0.5, 0.6) is 11.5 Å². The highest BCUT2D eigenvalue weighted by Gasteiger charge is 2.31. The number of alkyl halides is 6. The zero-order valence-corrected chi connectivity index (χ0v) is 17.9. The van der Waals surface area contributed by atoms with Crippen LogP contribution in [-0.4, -0.2) is 49.2 Å². The van der Waals surface area contributed by atoms with Gasteiger partial charge in [-0.3, -0.25) is 9.59 Å². The van der Waals surface area contributed by atoms with Gasteiger partial charge in [-0.2, -0.15) is 13.2 Å². The van der Waals surface area contributed by atoms with E-state index in [0.29, 0.717) is 0 Å². The highest BCUT2D eigenvalue weighted by molar-refractivity contribution is 6.05. The van der Waals surface area contributed by atoms with Crippen molar-refractivity contribution in [1.29, 1.82) is 0 Å². The first-order valence-corrected chi connectivity index (χ1v) is 9.94. The average molecular weight is 506 g/mol. The van der Waals surface area contributed by atoms with Crippen molar-refractivity contribution in [3.8, 4) is 11.5 Å². The zero-order valence-electron chi connectivity index (χ0n) is 17.9. The number of carbonyl (C=O) groups is 2. The minimum atomic E-state index is -4.88. The van der Waals surface area contributed by atoms with Gasteiger partial charge in [-0.05, 0) is 48.0 Å². The maximum atomic E-state index is 12.6. The van der Waals surface area contributed by atoms with Gasteiger partial charge in [0.2, 0.25) is 0 Å². The molecule has 2 aromatic carbocycles. The van der Waals surface area contributed by atoms with Gasteiger partial charge in [-0.15, -0.1) is 13.2 Å². The number of hydrogen-bond donors (Lipinski definition) is 3. The first-order valence-electron chi connectivity index (χ1n) is 9.94. The van der Waals surface area contributed by atoms with E-state index < -0.39 is 43.1 Å². The fourth-order valence-corrected chi connectivity index (χ4v) is 2.54. The number of aliphatic hydroxyl groups is 1. The van der Waals surface area contributed by atoms with Crippen LogP contribution in [0.3, 0.4) is 0 Å². The van der Waals surface area contributed by atoms with Crippen LogP contribution in [-0.2, 0) is 4.79 Å². The van der Waals surface area contributed by atoms with Gasteiger partial charge in [0, 0.05) is 12.1 Å². The van der Waals surface area contributed by atoms with E-state index in [0.717, 1.165) is 12.1 Å². The Balaban J connectivity index is 2.13. The molecule has 0 aliphatic carbocycles. The number of hydrogen-bond acceptors (Lipinski definition) is 5. The van der Waals surface area contributed by atoms with E-state index in [1.54, 1.807) is 0 Å². The van der Waals surface area contributed by atoms with Crippen LogP contribution in [0.15, 0.2) is 54.2 Å². The molecule has 190 valence electrons. The van der Waals surface area contributed by atoms with E-state index in [9.17, 15) is 35.9 Å². The summed E-state index contributed by atoms with van der Waals surface area (Å²) in [7, 11) is 0. The second kappa shape index (κ2) is 12.1. The summed E-state index contributed by atoms with van der Waals surface area (Å²) in [5.41, 5.74) is 0.0174. The molecule has 3 N–H and O–H groups in total. The van der Waals surface area contributed by atoms with Crippen LogP contribution in [0.25, 0.3) is 6.08 Å². The first kappa shape index (κ1) is 27.5. The fourth-order valence-electron chi connectivity index (χ4n) is 2.54. The summed E-state index contributed by atoms with van der Waals surface area (Å²) < 4.78 is 82.3. The highest BCUT2D eigenvalue weighted by atomic mass is 19.4. The summed E-state index contributed by atoms with van der Waals surface area (Å²) in [6.45, 7) is -1.11. The molecule has 7 nitrogen and oxygen atoms in total. The lowest BCUT2D eigenvalue weighted by Crippen LogP contribution is -2.36. The predicted molar refractivity (Wildman–Crippen MR) is 111 cm³/mol. The van der Waals surface area contributed by atoms with E-state index in [1.807, 2.05) is 0 Å². The summed E-state index contributed by atoms with van der Waals surface area (Å²) in [6.07, 6.45) is -9.20. The van der Waals surface area contributed by atoms with Gasteiger partial charge in [-0.1, -0.05) is 12.1 Å². The van der Waals surface area contributed by atoms with Gasteiger partial charge in [-0.25, -0.2) is 0 Å². The SMILES string of the molecule is O=C(NCCO)/C(=C/c1ccc(OC(F)(F)F)cc1)NC(=O)c1ccc(OCCC(F)(F)F)cc1. The molecule has 0 spiro atoms. The number of rotatable bonds is 10. The number of benzene rings is 2. The van der Waals surface area contributed by atoms with Crippen molar-refractivity contribution in [1.82, 2.24) is 10.6 Å². The lowest BCUT2D eigenvalue weighted by Gasteiger charge is -2.12. The Hall–Kier alpha value is -3.74. The van der Waals surface area contributed by atoms with E-state index in [-0.39, 0.29) is 35.7 Å². The highest BCUT2D eigenvalue weighted by Crippen LogP contribution is 2.23. The molecule has 0 atom stereocenters. The molecule has 0 saturated heterocycles. The lowest BCUT2D eigenvalue weighted by atomic mass is 10.1. The minimum Gasteiger partial charge on any atom is -0.493 e. The number of amides is 2. The molecule has 2 rings (SSSR count). The first-order chi connectivity index (χ1) is 16.4. The van der Waals surface area contributed by atoms with Crippen molar-refractivity contribution in [2.45, 2.75) is 19.0 Å². The quantitative estimate of drug-likeness (QED) is 0.337. The van der Waals surface area contributed by atoms with Crippen LogP contribution < -0.4 is 20.1 Å². The lowest BCUT2D eigenvalue weighted by molar-refractivity contribution is -0.274. The van der Waals surface area contributed by atoms with E-state index in [4.69, 9.17) is 9.84 Å². The van der Waals surface area contributed by atoms with Gasteiger partial charge >= 0.3 is 12.5 Å². The Morgan fingerprint density at radius 3 is 2.06 bits per heavy atom. The number of carbonyl (C=O) groups excluding carboxylic acids is 2. The molecule has 0 unspecified atom stereocenters. The summed E-state index contributed by atoms with van der Waals surface area (Å²) in [6, 6.07) is 9.57. The van der Waals surface area contributed by atoms with Gasteiger partial charge in [0.1, 0.15) is 17.2 Å². The molecule has 0 aliphatic rings. The van der Waals surface area contributed by atoms with Crippen LogP contribution >= 0.6 is 0 Å². The molecule has 0 saturated carbocycles. The second-order valence-electron chi connectivity index (χ2n) is 6.85. The smallest absolute Gasteiger partial charge is 0.493 e.